The van der Waals surface area contributed by atoms with Crippen molar-refractivity contribution < 1.29 is 28.7 Å². The standard InChI is InChI=1S/C48H39ClN6O6S4/c1-59-34-23-21-29(22-24-34)27-61-45(58)41-42(65-47-51-39-30(26-49)13-12-20-36(39)63-47)44(64-38-25-37(56)55(38)41)52-43(57)40(54-60-2)35-28-62-46(50-35)53-48(31-14-6-3-7-15-31,32-16-8-4-9-17-32)33-18-10-5-11-19-33/h3-24,28,38,44H,25-27H2,1-2H3,(H,50,53)(H,52,57)/t38-,44?/m0/s1. The number of nitrogens with one attached hydrogen (secondary N) is 2. The van der Waals surface area contributed by atoms with Crippen LogP contribution in [0.1, 0.15) is 39.9 Å². The maximum atomic E-state index is 14.6. The molecule has 1 saturated heterocycles. The maximum absolute atomic E-state index is 14.6. The van der Waals surface area contributed by atoms with Crippen molar-refractivity contribution in [1.82, 2.24) is 20.2 Å². The Bertz CT molecular complexity index is 2820. The van der Waals surface area contributed by atoms with Crippen LogP contribution in [0, 0.1) is 0 Å². The van der Waals surface area contributed by atoms with Gasteiger partial charge < -0.3 is 24.9 Å². The third kappa shape index (κ3) is 8.96. The third-order valence-electron chi connectivity index (χ3n) is 10.8. The quantitative estimate of drug-likeness (QED) is 0.0239. The van der Waals surface area contributed by atoms with Crippen LogP contribution in [0.25, 0.3) is 10.2 Å². The number of hydrogen-bond acceptors (Lipinski definition) is 14. The van der Waals surface area contributed by atoms with E-state index < -0.39 is 28.2 Å². The number of halogens is 1. The number of amides is 2. The number of nitrogens with zero attached hydrogens (tertiary/aromatic N) is 4. The molecule has 5 aromatic carbocycles. The number of esters is 1. The molecule has 2 aliphatic heterocycles. The number of anilines is 1. The Labute approximate surface area is 396 Å². The van der Waals surface area contributed by atoms with E-state index in [0.29, 0.717) is 20.1 Å². The molecule has 7 aromatic rings. The number of fused-ring (bicyclic) bond motifs is 2. The number of hydrogen-bond donors (Lipinski definition) is 2. The summed E-state index contributed by atoms with van der Waals surface area (Å²) in [6.07, 6.45) is 0.163. The van der Waals surface area contributed by atoms with Crippen LogP contribution < -0.4 is 15.4 Å². The van der Waals surface area contributed by atoms with Gasteiger partial charge in [-0.2, -0.15) is 0 Å². The van der Waals surface area contributed by atoms with E-state index in [2.05, 4.69) is 52.2 Å². The van der Waals surface area contributed by atoms with Gasteiger partial charge in [-0.05, 0) is 46.0 Å². The van der Waals surface area contributed by atoms with E-state index in [1.54, 1.807) is 36.8 Å². The lowest BCUT2D eigenvalue weighted by Gasteiger charge is -2.46. The minimum absolute atomic E-state index is 0.0371. The highest BCUT2D eigenvalue weighted by Crippen LogP contribution is 2.50. The number of alkyl halides is 1. The van der Waals surface area contributed by atoms with Crippen molar-refractivity contribution in [1.29, 1.82) is 0 Å². The van der Waals surface area contributed by atoms with Gasteiger partial charge in [-0.1, -0.05) is 132 Å². The summed E-state index contributed by atoms with van der Waals surface area (Å²) in [5.41, 5.74) is 4.61. The van der Waals surface area contributed by atoms with Gasteiger partial charge in [0.2, 0.25) is 5.91 Å². The molecular weight excluding hydrogens is 920 g/mol. The SMILES string of the molecule is CON=C(C(=O)NC1S[C@H]2CC(=O)N2C(C(=O)OCc2ccc(OC)cc2)=C1Sc1nc2c(CCl)cccc2s1)c1csc(NC(c2ccccc2)(c2ccccc2)c2ccccc2)n1. The monoisotopic (exact) mass is 958 g/mol. The van der Waals surface area contributed by atoms with Gasteiger partial charge in [0.15, 0.2) is 15.2 Å². The van der Waals surface area contributed by atoms with E-state index in [4.69, 9.17) is 35.9 Å². The number of ether oxygens (including phenoxy) is 2. The fraction of sp³-hybridized carbons (Fsp3) is 0.167. The summed E-state index contributed by atoms with van der Waals surface area (Å²) < 4.78 is 12.7. The smallest absolute Gasteiger partial charge is 0.356 e. The van der Waals surface area contributed by atoms with Crippen molar-refractivity contribution in [3.63, 3.8) is 0 Å². The Hall–Kier alpha value is -6.17. The van der Waals surface area contributed by atoms with Crippen LogP contribution in [-0.2, 0) is 42.0 Å². The number of carbonyl (C=O) groups excluding carboxylic acids is 3. The van der Waals surface area contributed by atoms with E-state index in [-0.39, 0.29) is 41.9 Å². The Morgan fingerprint density at radius 1 is 0.877 bits per heavy atom. The number of rotatable bonds is 16. The zero-order valence-electron chi connectivity index (χ0n) is 34.8. The summed E-state index contributed by atoms with van der Waals surface area (Å²) in [4.78, 5) is 59.2. The van der Waals surface area contributed by atoms with Crippen LogP contribution in [0.3, 0.4) is 0 Å². The van der Waals surface area contributed by atoms with E-state index in [1.807, 2.05) is 72.8 Å². The first-order chi connectivity index (χ1) is 31.8. The third-order valence-corrected chi connectivity index (χ3v) is 15.5. The molecule has 0 aliphatic carbocycles. The minimum Gasteiger partial charge on any atom is -0.497 e. The van der Waals surface area contributed by atoms with Gasteiger partial charge >= 0.3 is 5.97 Å². The molecule has 4 heterocycles. The average Bonchev–Trinajstić information content (AvgIpc) is 3.99. The number of methoxy groups -OCH3 is 1. The fourth-order valence-electron chi connectivity index (χ4n) is 7.66. The van der Waals surface area contributed by atoms with Crippen LogP contribution in [0.15, 0.2) is 159 Å². The number of β-lactam (4-membered cyclic amide) rings is 1. The van der Waals surface area contributed by atoms with Gasteiger partial charge in [0.05, 0.1) is 34.0 Å². The second kappa shape index (κ2) is 19.5. The molecule has 2 aromatic heterocycles. The summed E-state index contributed by atoms with van der Waals surface area (Å²) in [7, 11) is 2.93. The molecule has 9 rings (SSSR count). The molecule has 2 atom stereocenters. The molecule has 12 nitrogen and oxygen atoms in total. The molecular formula is C48H39ClN6O6S4. The minimum atomic E-state index is -0.870. The number of oxime groups is 1. The summed E-state index contributed by atoms with van der Waals surface area (Å²) in [6, 6.07) is 43.3. The lowest BCUT2D eigenvalue weighted by atomic mass is 9.77. The Kier molecular flexibility index (Phi) is 13.2. The van der Waals surface area contributed by atoms with Crippen molar-refractivity contribution in [2.45, 2.75) is 39.5 Å². The van der Waals surface area contributed by atoms with Gasteiger partial charge in [0.1, 0.15) is 41.8 Å². The van der Waals surface area contributed by atoms with E-state index in [1.165, 1.54) is 58.2 Å². The largest absolute Gasteiger partial charge is 0.497 e. The second-order valence-electron chi connectivity index (χ2n) is 14.7. The normalized spacial score (nSPS) is 16.1. The van der Waals surface area contributed by atoms with E-state index >= 15 is 0 Å². The van der Waals surface area contributed by atoms with Crippen molar-refractivity contribution >= 4 is 96.6 Å². The molecule has 2 N–H and O–H groups in total. The predicted molar refractivity (Wildman–Crippen MR) is 258 cm³/mol. The van der Waals surface area contributed by atoms with Crippen molar-refractivity contribution in [3.8, 4) is 5.75 Å². The number of para-hydroxylation sites is 1. The van der Waals surface area contributed by atoms with E-state index in [9.17, 15) is 14.4 Å². The van der Waals surface area contributed by atoms with Crippen LogP contribution >= 0.6 is 57.8 Å². The fourth-order valence-corrected chi connectivity index (χ4v) is 12.5. The molecule has 2 aliphatic rings. The van der Waals surface area contributed by atoms with E-state index in [0.717, 1.165) is 38.0 Å². The van der Waals surface area contributed by atoms with Gasteiger partial charge in [0, 0.05) is 11.3 Å². The topological polar surface area (TPSA) is 144 Å². The Morgan fingerprint density at radius 2 is 1.54 bits per heavy atom. The van der Waals surface area contributed by atoms with Crippen LogP contribution in [0.2, 0.25) is 0 Å². The summed E-state index contributed by atoms with van der Waals surface area (Å²) in [5.74, 6) is -0.650. The zero-order valence-corrected chi connectivity index (χ0v) is 38.8. The number of thioether (sulfide) groups is 2. The zero-order chi connectivity index (χ0) is 44.9. The van der Waals surface area contributed by atoms with Crippen molar-refractivity contribution in [2.75, 3.05) is 19.5 Å². The lowest BCUT2D eigenvalue weighted by molar-refractivity contribution is -0.150. The number of carbonyl (C=O) groups is 3. The second-order valence-corrected chi connectivity index (χ2v) is 19.4. The molecule has 0 bridgehead atoms. The highest BCUT2D eigenvalue weighted by Gasteiger charge is 2.50. The first-order valence-corrected chi connectivity index (χ1v) is 24.2. The molecule has 17 heteroatoms. The van der Waals surface area contributed by atoms with Crippen molar-refractivity contribution in [2.24, 2.45) is 5.16 Å². The molecule has 0 saturated carbocycles. The van der Waals surface area contributed by atoms with Gasteiger partial charge in [0.25, 0.3) is 5.91 Å². The molecule has 1 unspecified atom stereocenters. The molecule has 2 amide bonds. The number of aromatic nitrogens is 2. The molecule has 65 heavy (non-hydrogen) atoms. The van der Waals surface area contributed by atoms with Crippen LogP contribution in [0.4, 0.5) is 5.13 Å². The summed E-state index contributed by atoms with van der Waals surface area (Å²) in [6.45, 7) is -0.0632. The molecule has 1 fully saturated rings. The number of benzene rings is 5. The highest BCUT2D eigenvalue weighted by molar-refractivity contribution is 8.07. The van der Waals surface area contributed by atoms with Gasteiger partial charge in [-0.15, -0.1) is 46.0 Å². The Balaban J connectivity index is 1.06. The molecule has 0 radical (unpaired) electrons. The average molecular weight is 960 g/mol. The summed E-state index contributed by atoms with van der Waals surface area (Å²) >= 11 is 11.6. The van der Waals surface area contributed by atoms with Gasteiger partial charge in [-0.25, -0.2) is 14.8 Å². The number of thiazole rings is 2. The lowest BCUT2D eigenvalue weighted by Crippen LogP contribution is -2.57. The van der Waals surface area contributed by atoms with Crippen LogP contribution in [-0.4, -0.2) is 63.3 Å². The molecule has 328 valence electrons. The Morgan fingerprint density at radius 3 is 2.14 bits per heavy atom. The predicted octanol–water partition coefficient (Wildman–Crippen LogP) is 9.75. The molecule has 0 spiro atoms. The summed E-state index contributed by atoms with van der Waals surface area (Å²) in [5, 5.41) is 12.0. The van der Waals surface area contributed by atoms with Crippen LogP contribution in [0.5, 0.6) is 5.75 Å². The first kappa shape index (κ1) is 44.1. The maximum Gasteiger partial charge on any atom is 0.356 e. The van der Waals surface area contributed by atoms with Crippen molar-refractivity contribution in [3.05, 3.63) is 183 Å². The highest BCUT2D eigenvalue weighted by atomic mass is 35.5. The first-order valence-electron chi connectivity index (χ1n) is 20.3. The van der Waals surface area contributed by atoms with Gasteiger partial charge in [-0.3, -0.25) is 14.5 Å².